The lowest BCUT2D eigenvalue weighted by Crippen LogP contribution is -2.34. The molecule has 0 N–H and O–H groups in total. The van der Waals surface area contributed by atoms with Crippen molar-refractivity contribution in [3.05, 3.63) is 65.7 Å². The van der Waals surface area contributed by atoms with E-state index in [0.29, 0.717) is 0 Å². The highest BCUT2D eigenvalue weighted by atomic mass is 16.5. The van der Waals surface area contributed by atoms with E-state index in [2.05, 4.69) is 66.4 Å². The maximum absolute atomic E-state index is 6.22. The van der Waals surface area contributed by atoms with E-state index in [1.165, 1.54) is 36.9 Å². The number of benzene rings is 2. The van der Waals surface area contributed by atoms with Crippen LogP contribution in [0.1, 0.15) is 43.7 Å². The maximum atomic E-state index is 6.22. The summed E-state index contributed by atoms with van der Waals surface area (Å²) in [5.74, 6) is 0.996. The van der Waals surface area contributed by atoms with Gasteiger partial charge in [-0.15, -0.1) is 0 Å². The zero-order valence-electron chi connectivity index (χ0n) is 14.1. The number of unbranched alkanes of at least 4 members (excludes halogenated alkanes) is 1. The average Bonchev–Trinajstić information content (AvgIpc) is 3.03. The Labute approximate surface area is 140 Å². The van der Waals surface area contributed by atoms with Gasteiger partial charge in [0, 0.05) is 13.1 Å². The topological polar surface area (TPSA) is 12.5 Å². The Balaban J connectivity index is 1.57. The Morgan fingerprint density at radius 3 is 2.48 bits per heavy atom. The standard InChI is InChI=1S/C21H27NO/c1-2-3-15-22-16-7-10-21(22)23-20-13-11-19(12-14-20)17-18-8-5-4-6-9-18/h4-6,8-9,11-14,21H,2-3,7,10,15-17H2,1H3. The summed E-state index contributed by atoms with van der Waals surface area (Å²) in [6, 6.07) is 19.2. The van der Waals surface area contributed by atoms with Gasteiger partial charge in [-0.25, -0.2) is 0 Å². The van der Waals surface area contributed by atoms with Crippen LogP contribution in [0.5, 0.6) is 5.75 Å². The second-order valence-electron chi connectivity index (χ2n) is 6.41. The lowest BCUT2D eigenvalue weighted by atomic mass is 10.1. The molecule has 2 nitrogen and oxygen atoms in total. The fourth-order valence-corrected chi connectivity index (χ4v) is 3.22. The Hall–Kier alpha value is -1.80. The molecule has 0 radical (unpaired) electrons. The van der Waals surface area contributed by atoms with Gasteiger partial charge >= 0.3 is 0 Å². The predicted molar refractivity (Wildman–Crippen MR) is 95.8 cm³/mol. The van der Waals surface area contributed by atoms with Gasteiger partial charge in [0.1, 0.15) is 5.75 Å². The summed E-state index contributed by atoms with van der Waals surface area (Å²) in [6.45, 7) is 4.58. The molecule has 23 heavy (non-hydrogen) atoms. The first kappa shape index (κ1) is 16.1. The molecular weight excluding hydrogens is 282 g/mol. The van der Waals surface area contributed by atoms with E-state index >= 15 is 0 Å². The van der Waals surface area contributed by atoms with Crippen molar-refractivity contribution in [1.82, 2.24) is 4.90 Å². The Morgan fingerprint density at radius 1 is 1.00 bits per heavy atom. The van der Waals surface area contributed by atoms with Crippen LogP contribution in [0.2, 0.25) is 0 Å². The van der Waals surface area contributed by atoms with E-state index in [1.807, 2.05) is 0 Å². The molecule has 122 valence electrons. The zero-order chi connectivity index (χ0) is 15.9. The molecule has 1 heterocycles. The van der Waals surface area contributed by atoms with Gasteiger partial charge in [-0.2, -0.15) is 0 Å². The third-order valence-corrected chi connectivity index (χ3v) is 4.55. The molecule has 1 aliphatic heterocycles. The molecule has 1 unspecified atom stereocenters. The molecule has 0 saturated carbocycles. The molecule has 0 amide bonds. The van der Waals surface area contributed by atoms with E-state index in [-0.39, 0.29) is 6.23 Å². The van der Waals surface area contributed by atoms with Crippen LogP contribution < -0.4 is 4.74 Å². The van der Waals surface area contributed by atoms with Crippen LogP contribution in [-0.2, 0) is 6.42 Å². The summed E-state index contributed by atoms with van der Waals surface area (Å²) in [6.07, 6.45) is 6.15. The third-order valence-electron chi connectivity index (χ3n) is 4.55. The largest absolute Gasteiger partial charge is 0.475 e. The first-order valence-electron chi connectivity index (χ1n) is 8.88. The molecule has 1 atom stereocenters. The van der Waals surface area contributed by atoms with Crippen LogP contribution in [-0.4, -0.2) is 24.2 Å². The van der Waals surface area contributed by atoms with E-state index in [1.54, 1.807) is 0 Å². The second-order valence-corrected chi connectivity index (χ2v) is 6.41. The molecule has 0 aromatic heterocycles. The Morgan fingerprint density at radius 2 is 1.74 bits per heavy atom. The molecule has 0 aliphatic carbocycles. The van der Waals surface area contributed by atoms with Crippen molar-refractivity contribution in [2.75, 3.05) is 13.1 Å². The fourth-order valence-electron chi connectivity index (χ4n) is 3.22. The fraction of sp³-hybridized carbons (Fsp3) is 0.429. The van der Waals surface area contributed by atoms with Gasteiger partial charge in [-0.05, 0) is 48.9 Å². The Bertz CT molecular complexity index is 579. The van der Waals surface area contributed by atoms with Crippen LogP contribution >= 0.6 is 0 Å². The normalized spacial score (nSPS) is 18.2. The molecular formula is C21H27NO. The first-order chi connectivity index (χ1) is 11.3. The van der Waals surface area contributed by atoms with Crippen molar-refractivity contribution in [3.63, 3.8) is 0 Å². The van der Waals surface area contributed by atoms with Crippen molar-refractivity contribution >= 4 is 0 Å². The van der Waals surface area contributed by atoms with E-state index in [9.17, 15) is 0 Å². The minimum Gasteiger partial charge on any atom is -0.475 e. The van der Waals surface area contributed by atoms with Crippen molar-refractivity contribution in [1.29, 1.82) is 0 Å². The molecule has 2 heteroatoms. The minimum atomic E-state index is 0.265. The molecule has 2 aromatic rings. The highest BCUT2D eigenvalue weighted by molar-refractivity contribution is 5.31. The van der Waals surface area contributed by atoms with Crippen LogP contribution in [0, 0.1) is 0 Å². The van der Waals surface area contributed by atoms with Crippen molar-refractivity contribution < 1.29 is 4.74 Å². The number of likely N-dealkylation sites (tertiary alicyclic amines) is 1. The predicted octanol–water partition coefficient (Wildman–Crippen LogP) is 4.88. The highest BCUT2D eigenvalue weighted by Gasteiger charge is 2.25. The summed E-state index contributed by atoms with van der Waals surface area (Å²) in [7, 11) is 0. The Kier molecular flexibility index (Phi) is 5.71. The van der Waals surface area contributed by atoms with Gasteiger partial charge in [0.15, 0.2) is 6.23 Å². The summed E-state index contributed by atoms with van der Waals surface area (Å²) >= 11 is 0. The molecule has 1 saturated heterocycles. The first-order valence-corrected chi connectivity index (χ1v) is 8.88. The number of nitrogens with zero attached hydrogens (tertiary/aromatic N) is 1. The molecule has 2 aromatic carbocycles. The SMILES string of the molecule is CCCCN1CCCC1Oc1ccc(Cc2ccccc2)cc1. The summed E-state index contributed by atoms with van der Waals surface area (Å²) in [5, 5.41) is 0. The van der Waals surface area contributed by atoms with E-state index in [0.717, 1.165) is 25.1 Å². The third kappa shape index (κ3) is 4.59. The number of rotatable bonds is 7. The van der Waals surface area contributed by atoms with E-state index in [4.69, 9.17) is 4.74 Å². The highest BCUT2D eigenvalue weighted by Crippen LogP contribution is 2.23. The number of hydrogen-bond acceptors (Lipinski definition) is 2. The summed E-state index contributed by atoms with van der Waals surface area (Å²) in [5.41, 5.74) is 2.68. The van der Waals surface area contributed by atoms with Gasteiger partial charge in [0.2, 0.25) is 0 Å². The van der Waals surface area contributed by atoms with Crippen molar-refractivity contribution in [3.8, 4) is 5.75 Å². The summed E-state index contributed by atoms with van der Waals surface area (Å²) < 4.78 is 6.22. The lowest BCUT2D eigenvalue weighted by Gasteiger charge is -2.25. The average molecular weight is 309 g/mol. The second kappa shape index (κ2) is 8.16. The van der Waals surface area contributed by atoms with Crippen LogP contribution in [0.15, 0.2) is 54.6 Å². The number of ether oxygens (including phenoxy) is 1. The molecule has 1 aliphatic rings. The van der Waals surface area contributed by atoms with Gasteiger partial charge in [0.05, 0.1) is 0 Å². The summed E-state index contributed by atoms with van der Waals surface area (Å²) in [4.78, 5) is 2.49. The van der Waals surface area contributed by atoms with Crippen LogP contribution in [0.4, 0.5) is 0 Å². The van der Waals surface area contributed by atoms with Gasteiger partial charge in [-0.3, -0.25) is 4.90 Å². The van der Waals surface area contributed by atoms with Crippen LogP contribution in [0.3, 0.4) is 0 Å². The smallest absolute Gasteiger partial charge is 0.152 e. The monoisotopic (exact) mass is 309 g/mol. The zero-order valence-corrected chi connectivity index (χ0v) is 14.1. The quantitative estimate of drug-likeness (QED) is 0.723. The molecule has 3 rings (SSSR count). The van der Waals surface area contributed by atoms with E-state index < -0.39 is 0 Å². The van der Waals surface area contributed by atoms with Gasteiger partial charge in [-0.1, -0.05) is 55.8 Å². The number of hydrogen-bond donors (Lipinski definition) is 0. The maximum Gasteiger partial charge on any atom is 0.152 e. The van der Waals surface area contributed by atoms with Crippen molar-refractivity contribution in [2.45, 2.75) is 45.3 Å². The van der Waals surface area contributed by atoms with Gasteiger partial charge in [0.25, 0.3) is 0 Å². The van der Waals surface area contributed by atoms with Crippen LogP contribution in [0.25, 0.3) is 0 Å². The minimum absolute atomic E-state index is 0.265. The molecule has 0 bridgehead atoms. The molecule has 1 fully saturated rings. The lowest BCUT2D eigenvalue weighted by molar-refractivity contribution is 0.0598. The van der Waals surface area contributed by atoms with Gasteiger partial charge < -0.3 is 4.74 Å². The van der Waals surface area contributed by atoms with Crippen molar-refractivity contribution in [2.24, 2.45) is 0 Å². The molecule has 0 spiro atoms.